The van der Waals surface area contributed by atoms with E-state index in [2.05, 4.69) is 5.32 Å². The standard InChI is InChI=1S/C23H20N2O3S/c24-21(26)20-15-9-3-6-12-18(15)29-23(20)25-22(27)19-13-7-1-4-10-16(13)28-17-11-5-2-8-14(17)19/h1-2,4-5,7-8,10-11,19H,3,6,9,12H2,(H2,24,26)(H,25,27). The van der Waals surface area contributed by atoms with Crippen molar-refractivity contribution in [1.82, 2.24) is 0 Å². The number of nitrogens with one attached hydrogen (secondary N) is 1. The van der Waals surface area contributed by atoms with E-state index in [-0.39, 0.29) is 5.91 Å². The molecule has 2 amide bonds. The van der Waals surface area contributed by atoms with Crippen LogP contribution in [0.2, 0.25) is 0 Å². The summed E-state index contributed by atoms with van der Waals surface area (Å²) < 4.78 is 5.98. The molecule has 0 unspecified atom stereocenters. The number of benzene rings is 2. The van der Waals surface area contributed by atoms with Crippen LogP contribution in [0.4, 0.5) is 5.00 Å². The van der Waals surface area contributed by atoms with Crippen LogP contribution in [-0.2, 0) is 17.6 Å². The molecule has 5 rings (SSSR count). The summed E-state index contributed by atoms with van der Waals surface area (Å²) in [6.07, 6.45) is 3.90. The van der Waals surface area contributed by atoms with Crippen LogP contribution in [0.15, 0.2) is 48.5 Å². The van der Waals surface area contributed by atoms with Gasteiger partial charge in [-0.1, -0.05) is 36.4 Å². The number of aryl methyl sites for hydroxylation is 1. The van der Waals surface area contributed by atoms with Crippen molar-refractivity contribution in [2.24, 2.45) is 5.73 Å². The number of rotatable bonds is 3. The average Bonchev–Trinajstić information content (AvgIpc) is 3.09. The summed E-state index contributed by atoms with van der Waals surface area (Å²) in [6, 6.07) is 15.1. The van der Waals surface area contributed by atoms with E-state index in [9.17, 15) is 9.59 Å². The first-order valence-electron chi connectivity index (χ1n) is 9.74. The van der Waals surface area contributed by atoms with E-state index in [0.29, 0.717) is 22.1 Å². The predicted octanol–water partition coefficient (Wildman–Crippen LogP) is 4.60. The molecule has 146 valence electrons. The number of hydrogen-bond acceptors (Lipinski definition) is 4. The summed E-state index contributed by atoms with van der Waals surface area (Å²) in [5, 5.41) is 3.59. The van der Waals surface area contributed by atoms with Crippen molar-refractivity contribution in [2.45, 2.75) is 31.6 Å². The molecular formula is C23H20N2O3S. The maximum absolute atomic E-state index is 13.5. The maximum Gasteiger partial charge on any atom is 0.251 e. The highest BCUT2D eigenvalue weighted by atomic mass is 32.1. The first-order valence-corrected chi connectivity index (χ1v) is 10.6. The van der Waals surface area contributed by atoms with Crippen molar-refractivity contribution in [3.63, 3.8) is 0 Å². The van der Waals surface area contributed by atoms with Crippen molar-refractivity contribution < 1.29 is 14.3 Å². The number of amides is 2. The summed E-state index contributed by atoms with van der Waals surface area (Å²) in [6.45, 7) is 0. The number of carbonyl (C=O) groups is 2. The molecule has 5 nitrogen and oxygen atoms in total. The van der Waals surface area contributed by atoms with Gasteiger partial charge in [-0.05, 0) is 43.4 Å². The Hall–Kier alpha value is -3.12. The van der Waals surface area contributed by atoms with Gasteiger partial charge in [0.2, 0.25) is 5.91 Å². The molecule has 3 aromatic rings. The van der Waals surface area contributed by atoms with E-state index in [1.165, 1.54) is 11.3 Å². The molecule has 2 aromatic carbocycles. The van der Waals surface area contributed by atoms with Gasteiger partial charge in [0.15, 0.2) is 0 Å². The van der Waals surface area contributed by atoms with Gasteiger partial charge in [0.05, 0.1) is 11.5 Å². The molecule has 0 spiro atoms. The highest BCUT2D eigenvalue weighted by Crippen LogP contribution is 2.45. The monoisotopic (exact) mass is 404 g/mol. The van der Waals surface area contributed by atoms with Crippen molar-refractivity contribution >= 4 is 28.2 Å². The minimum atomic E-state index is -0.518. The first-order chi connectivity index (χ1) is 14.1. The number of para-hydroxylation sites is 2. The highest BCUT2D eigenvalue weighted by Gasteiger charge is 2.34. The van der Waals surface area contributed by atoms with E-state index in [1.807, 2.05) is 48.5 Å². The van der Waals surface area contributed by atoms with Gasteiger partial charge in [-0.3, -0.25) is 9.59 Å². The quantitative estimate of drug-likeness (QED) is 0.669. The number of primary amides is 1. The van der Waals surface area contributed by atoms with Crippen LogP contribution in [-0.4, -0.2) is 11.8 Å². The SMILES string of the molecule is NC(=O)c1c(NC(=O)C2c3ccccc3Oc3ccccc32)sc2c1CCCC2. The fourth-order valence-corrected chi connectivity index (χ4v) is 5.59. The lowest BCUT2D eigenvalue weighted by molar-refractivity contribution is -0.116. The van der Waals surface area contributed by atoms with Gasteiger partial charge in [0, 0.05) is 16.0 Å². The largest absolute Gasteiger partial charge is 0.457 e. The van der Waals surface area contributed by atoms with Crippen molar-refractivity contribution in [3.8, 4) is 11.5 Å². The maximum atomic E-state index is 13.5. The number of nitrogens with two attached hydrogens (primary N) is 1. The Labute approximate surface area is 172 Å². The zero-order valence-electron chi connectivity index (χ0n) is 15.7. The Balaban J connectivity index is 1.56. The van der Waals surface area contributed by atoms with Crippen molar-refractivity contribution in [1.29, 1.82) is 0 Å². The number of thiophene rings is 1. The Kier molecular flexibility index (Phi) is 4.36. The fraction of sp³-hybridized carbons (Fsp3) is 0.217. The summed E-state index contributed by atoms with van der Waals surface area (Å²) in [4.78, 5) is 26.8. The Bertz CT molecular complexity index is 1090. The second kappa shape index (κ2) is 7.04. The molecule has 0 saturated heterocycles. The third-order valence-electron chi connectivity index (χ3n) is 5.60. The lowest BCUT2D eigenvalue weighted by Gasteiger charge is -2.27. The molecule has 3 N–H and O–H groups in total. The van der Waals surface area contributed by atoms with E-state index in [0.717, 1.165) is 47.3 Å². The van der Waals surface area contributed by atoms with Gasteiger partial charge in [-0.2, -0.15) is 0 Å². The lowest BCUT2D eigenvalue weighted by atomic mass is 9.87. The smallest absolute Gasteiger partial charge is 0.251 e. The van der Waals surface area contributed by atoms with E-state index < -0.39 is 11.8 Å². The first kappa shape index (κ1) is 17.9. The number of fused-ring (bicyclic) bond motifs is 3. The Morgan fingerprint density at radius 3 is 2.24 bits per heavy atom. The van der Waals surface area contributed by atoms with Gasteiger partial charge >= 0.3 is 0 Å². The fourth-order valence-electron chi connectivity index (χ4n) is 4.29. The molecule has 0 radical (unpaired) electrons. The minimum absolute atomic E-state index is 0.186. The van der Waals surface area contributed by atoms with E-state index in [4.69, 9.17) is 10.5 Å². The molecule has 29 heavy (non-hydrogen) atoms. The summed E-state index contributed by atoms with van der Waals surface area (Å²) in [5.41, 5.74) is 8.80. The van der Waals surface area contributed by atoms with E-state index in [1.54, 1.807) is 0 Å². The lowest BCUT2D eigenvalue weighted by Crippen LogP contribution is -2.26. The topological polar surface area (TPSA) is 81.4 Å². The Morgan fingerprint density at radius 2 is 1.59 bits per heavy atom. The molecule has 0 fully saturated rings. The molecule has 2 heterocycles. The average molecular weight is 404 g/mol. The van der Waals surface area contributed by atoms with Crippen LogP contribution in [0.5, 0.6) is 11.5 Å². The van der Waals surface area contributed by atoms with Gasteiger partial charge in [-0.15, -0.1) is 11.3 Å². The van der Waals surface area contributed by atoms with Crippen molar-refractivity contribution in [3.05, 3.63) is 75.7 Å². The highest BCUT2D eigenvalue weighted by molar-refractivity contribution is 7.17. The molecule has 2 aliphatic rings. The number of carbonyl (C=O) groups excluding carboxylic acids is 2. The van der Waals surface area contributed by atoms with Crippen LogP contribution in [0.3, 0.4) is 0 Å². The van der Waals surface area contributed by atoms with Gasteiger partial charge < -0.3 is 15.8 Å². The third kappa shape index (κ3) is 3.00. The summed E-state index contributed by atoms with van der Waals surface area (Å²) in [5.74, 6) is 0.164. The number of anilines is 1. The zero-order chi connectivity index (χ0) is 20.0. The van der Waals surface area contributed by atoms with Crippen LogP contribution in [0.25, 0.3) is 0 Å². The zero-order valence-corrected chi connectivity index (χ0v) is 16.6. The molecule has 0 atom stereocenters. The molecule has 6 heteroatoms. The molecular weight excluding hydrogens is 384 g/mol. The molecule has 0 bridgehead atoms. The summed E-state index contributed by atoms with van der Waals surface area (Å²) >= 11 is 1.48. The van der Waals surface area contributed by atoms with Crippen LogP contribution >= 0.6 is 11.3 Å². The minimum Gasteiger partial charge on any atom is -0.457 e. The predicted molar refractivity (Wildman–Crippen MR) is 113 cm³/mol. The van der Waals surface area contributed by atoms with Crippen LogP contribution < -0.4 is 15.8 Å². The molecule has 1 aromatic heterocycles. The van der Waals surface area contributed by atoms with E-state index >= 15 is 0 Å². The third-order valence-corrected chi connectivity index (χ3v) is 6.80. The van der Waals surface area contributed by atoms with Gasteiger partial charge in [0.25, 0.3) is 5.91 Å². The second-order valence-corrected chi connectivity index (χ2v) is 8.48. The summed E-state index contributed by atoms with van der Waals surface area (Å²) in [7, 11) is 0. The normalized spacial score (nSPS) is 14.9. The van der Waals surface area contributed by atoms with Crippen LogP contribution in [0, 0.1) is 0 Å². The molecule has 0 saturated carbocycles. The second-order valence-electron chi connectivity index (χ2n) is 7.38. The van der Waals surface area contributed by atoms with Gasteiger partial charge in [0.1, 0.15) is 16.5 Å². The number of ether oxygens (including phenoxy) is 1. The van der Waals surface area contributed by atoms with Crippen LogP contribution in [0.1, 0.15) is 50.7 Å². The van der Waals surface area contributed by atoms with Gasteiger partial charge in [-0.25, -0.2) is 0 Å². The molecule has 1 aliphatic carbocycles. The Morgan fingerprint density at radius 1 is 0.966 bits per heavy atom. The number of hydrogen-bond donors (Lipinski definition) is 2. The molecule has 1 aliphatic heterocycles. The van der Waals surface area contributed by atoms with Crippen molar-refractivity contribution in [2.75, 3.05) is 5.32 Å².